The summed E-state index contributed by atoms with van der Waals surface area (Å²) in [5.74, 6) is 0.282. The van der Waals surface area contributed by atoms with Crippen molar-refractivity contribution in [2.45, 2.75) is 84.7 Å². The minimum Gasteiger partial charge on any atom is -0.507 e. The number of halogens is 1. The second-order valence-corrected chi connectivity index (χ2v) is 10.9. The molecular weight excluding hydrogens is 454 g/mol. The van der Waals surface area contributed by atoms with Crippen molar-refractivity contribution < 1.29 is 9.90 Å². The van der Waals surface area contributed by atoms with Gasteiger partial charge in [0.25, 0.3) is 0 Å². The van der Waals surface area contributed by atoms with Crippen molar-refractivity contribution in [3.63, 3.8) is 0 Å². The highest BCUT2D eigenvalue weighted by Crippen LogP contribution is 2.39. The van der Waals surface area contributed by atoms with E-state index in [1.165, 1.54) is 24.8 Å². The van der Waals surface area contributed by atoms with Gasteiger partial charge < -0.3 is 14.2 Å². The van der Waals surface area contributed by atoms with E-state index in [-0.39, 0.29) is 28.9 Å². The molecule has 0 unspecified atom stereocenters. The fourth-order valence-electron chi connectivity index (χ4n) is 3.82. The van der Waals surface area contributed by atoms with Crippen molar-refractivity contribution in [2.75, 3.05) is 0 Å². The van der Waals surface area contributed by atoms with Crippen LogP contribution in [0.2, 0.25) is 0 Å². The van der Waals surface area contributed by atoms with Crippen LogP contribution in [0, 0.1) is 0 Å². The van der Waals surface area contributed by atoms with E-state index in [4.69, 9.17) is 0 Å². The third-order valence-corrected chi connectivity index (χ3v) is 6.27. The highest BCUT2D eigenvalue weighted by Gasteiger charge is 2.28. The molecule has 1 aliphatic rings. The molecule has 1 aliphatic carbocycles. The number of phenolic OH excluding ortho intramolecular Hbond substituents is 1. The van der Waals surface area contributed by atoms with E-state index >= 15 is 0 Å². The molecule has 0 amide bonds. The number of ketones is 1. The van der Waals surface area contributed by atoms with E-state index in [0.717, 1.165) is 17.7 Å². The van der Waals surface area contributed by atoms with Gasteiger partial charge in [-0.2, -0.15) is 4.02 Å². The molecule has 0 saturated heterocycles. The number of hydrogen-bond acceptors (Lipinski definition) is 3. The summed E-state index contributed by atoms with van der Waals surface area (Å²) in [6.07, 6.45) is 9.76. The van der Waals surface area contributed by atoms with Crippen LogP contribution in [0.1, 0.15) is 82.3 Å². The van der Waals surface area contributed by atoms with E-state index in [1.807, 2.05) is 33.7 Å². The average Bonchev–Trinajstić information content (AvgIpc) is 3.00. The van der Waals surface area contributed by atoms with Gasteiger partial charge in [0.1, 0.15) is 5.75 Å². The van der Waals surface area contributed by atoms with Crippen molar-refractivity contribution in [3.8, 4) is 5.75 Å². The third kappa shape index (κ3) is 5.22. The first-order valence-electron chi connectivity index (χ1n) is 10.9. The van der Waals surface area contributed by atoms with Gasteiger partial charge in [0.05, 0.1) is 22.7 Å². The molecule has 1 heterocycles. The zero-order chi connectivity index (χ0) is 23.0. The summed E-state index contributed by atoms with van der Waals surface area (Å²) in [6.45, 7) is 13.2. The number of carbonyl (C=O) groups is 1. The Morgan fingerprint density at radius 3 is 2.06 bits per heavy atom. The fraction of sp³-hybridized carbons (Fsp3) is 0.520. The smallest absolute Gasteiger partial charge is 0.217 e. The Kier molecular flexibility index (Phi) is 6.70. The van der Waals surface area contributed by atoms with E-state index in [1.54, 1.807) is 0 Å². The number of aromatic hydroxyl groups is 1. The zero-order valence-electron chi connectivity index (χ0n) is 19.5. The molecule has 31 heavy (non-hydrogen) atoms. The van der Waals surface area contributed by atoms with Crippen molar-refractivity contribution in [2.24, 2.45) is 4.02 Å². The molecule has 1 aromatic carbocycles. The highest BCUT2D eigenvalue weighted by molar-refractivity contribution is 9.08. The normalized spacial score (nSPS) is 15.2. The number of hydrogen-bond donors (Lipinski definition) is 1. The lowest BCUT2D eigenvalue weighted by atomic mass is 9.78. The van der Waals surface area contributed by atoms with Crippen LogP contribution in [0.25, 0.3) is 0 Å². The maximum atomic E-state index is 13.3. The Labute approximate surface area is 193 Å². The largest absolute Gasteiger partial charge is 0.507 e. The predicted octanol–water partition coefficient (Wildman–Crippen LogP) is 5.79. The van der Waals surface area contributed by atoms with Crippen LogP contribution in [-0.2, 0) is 23.9 Å². The summed E-state index contributed by atoms with van der Waals surface area (Å²) >= 11 is 3.23. The monoisotopic (exact) mass is 487 g/mol. The number of allylic oxidation sites excluding steroid dienone is 2. The van der Waals surface area contributed by atoms with Crippen LogP contribution in [0.15, 0.2) is 40.2 Å². The molecule has 0 radical (unpaired) electrons. The first-order chi connectivity index (χ1) is 14.4. The van der Waals surface area contributed by atoms with Crippen molar-refractivity contribution in [3.05, 3.63) is 58.5 Å². The molecule has 1 N–H and O–H groups in total. The highest BCUT2D eigenvalue weighted by atomic mass is 79.9. The van der Waals surface area contributed by atoms with Crippen LogP contribution in [0.3, 0.4) is 0 Å². The summed E-state index contributed by atoms with van der Waals surface area (Å²) in [7, 11) is 0. The maximum absolute atomic E-state index is 13.3. The van der Waals surface area contributed by atoms with Crippen LogP contribution >= 0.6 is 16.1 Å². The second kappa shape index (κ2) is 8.81. The Morgan fingerprint density at radius 1 is 1.06 bits per heavy atom. The predicted molar refractivity (Wildman–Crippen MR) is 129 cm³/mol. The second-order valence-electron chi connectivity index (χ2n) is 10.5. The molecule has 1 aromatic heterocycles. The van der Waals surface area contributed by atoms with Crippen molar-refractivity contribution in [1.82, 2.24) is 9.13 Å². The van der Waals surface area contributed by atoms with Gasteiger partial charge >= 0.3 is 0 Å². The lowest BCUT2D eigenvalue weighted by molar-refractivity contribution is 0.0970. The minimum absolute atomic E-state index is 0.00602. The Balaban J connectivity index is 1.94. The van der Waals surface area contributed by atoms with Gasteiger partial charge in [-0.3, -0.25) is 4.79 Å². The number of nitrogens with zero attached hydrogens (tertiary/aromatic N) is 3. The van der Waals surface area contributed by atoms with Gasteiger partial charge in [-0.05, 0) is 42.2 Å². The fourth-order valence-corrected chi connectivity index (χ4v) is 4.23. The Bertz CT molecular complexity index is 1030. The number of rotatable bonds is 5. The number of benzene rings is 1. The summed E-state index contributed by atoms with van der Waals surface area (Å²) in [6, 6.07) is 3.69. The van der Waals surface area contributed by atoms with Crippen molar-refractivity contribution >= 4 is 21.9 Å². The molecule has 5 nitrogen and oxygen atoms in total. The quantitative estimate of drug-likeness (QED) is 0.428. The first-order valence-corrected chi connectivity index (χ1v) is 11.6. The maximum Gasteiger partial charge on any atom is 0.217 e. The molecule has 0 atom stereocenters. The van der Waals surface area contributed by atoms with Gasteiger partial charge in [-0.15, -0.1) is 0 Å². The Hall–Kier alpha value is -2.08. The molecule has 3 rings (SSSR count). The number of phenols is 1. The lowest BCUT2D eigenvalue weighted by Gasteiger charge is -2.28. The molecule has 1 fully saturated rings. The molecule has 0 spiro atoms. The SMILES string of the molecule is CC(C)(C)c1cc(C(=O)Cn2ccn(CC=C3CCC3)c2=NBr)cc(C(C)(C)C)c1O. The van der Waals surface area contributed by atoms with Gasteiger partial charge in [-0.25, -0.2) is 0 Å². The Morgan fingerprint density at radius 2 is 1.61 bits per heavy atom. The molecule has 0 bridgehead atoms. The molecular formula is C25H34BrN3O2. The molecule has 0 aliphatic heterocycles. The lowest BCUT2D eigenvalue weighted by Crippen LogP contribution is -2.28. The van der Waals surface area contributed by atoms with E-state index in [2.05, 4.69) is 67.8 Å². The number of carbonyl (C=O) groups excluding carboxylic acids is 1. The van der Waals surface area contributed by atoms with E-state index in [0.29, 0.717) is 11.2 Å². The molecule has 6 heteroatoms. The van der Waals surface area contributed by atoms with Crippen LogP contribution in [0.4, 0.5) is 0 Å². The van der Waals surface area contributed by atoms with Crippen LogP contribution in [-0.4, -0.2) is 20.0 Å². The standard InChI is InChI=1S/C25H34BrN3O2/c1-24(2,3)19-14-18(15-20(22(19)31)25(4,5)6)21(30)16-29-13-12-28(23(29)27-26)11-10-17-8-7-9-17/h10,12-15,31H,7-9,11,16H2,1-6H3. The van der Waals surface area contributed by atoms with Crippen LogP contribution < -0.4 is 5.62 Å². The van der Waals surface area contributed by atoms with Gasteiger partial charge in [0, 0.05) is 35.6 Å². The first kappa shape index (κ1) is 23.6. The summed E-state index contributed by atoms with van der Waals surface area (Å²) in [5, 5.41) is 10.9. The molecule has 1 saturated carbocycles. The van der Waals surface area contributed by atoms with Gasteiger partial charge in [0.2, 0.25) is 5.62 Å². The zero-order valence-corrected chi connectivity index (χ0v) is 21.1. The topological polar surface area (TPSA) is 59.5 Å². The third-order valence-electron chi connectivity index (χ3n) is 5.95. The van der Waals surface area contributed by atoms with Gasteiger partial charge in [-0.1, -0.05) is 53.2 Å². The minimum atomic E-state index is -0.276. The molecule has 168 valence electrons. The number of imidazole rings is 1. The average molecular weight is 488 g/mol. The number of aromatic nitrogens is 2. The van der Waals surface area contributed by atoms with Crippen molar-refractivity contribution in [1.29, 1.82) is 0 Å². The van der Waals surface area contributed by atoms with Gasteiger partial charge in [0.15, 0.2) is 5.78 Å². The van der Waals surface area contributed by atoms with E-state index in [9.17, 15) is 9.90 Å². The summed E-state index contributed by atoms with van der Waals surface area (Å²) in [5.41, 5.74) is 3.85. The summed E-state index contributed by atoms with van der Waals surface area (Å²) in [4.78, 5) is 13.3. The summed E-state index contributed by atoms with van der Waals surface area (Å²) < 4.78 is 8.13. The molecule has 2 aromatic rings. The number of Topliss-reactive ketones (excluding diaryl/α,β-unsaturated/α-hetero) is 1. The van der Waals surface area contributed by atoms with E-state index < -0.39 is 0 Å². The van der Waals surface area contributed by atoms with Crippen LogP contribution in [0.5, 0.6) is 5.75 Å².